The molecule has 0 fully saturated rings. The summed E-state index contributed by atoms with van der Waals surface area (Å²) in [6.45, 7) is 0. The molecule has 0 aliphatic carbocycles. The van der Waals surface area contributed by atoms with Crippen LogP contribution >= 0.6 is 0 Å². The molecule has 9 heteroatoms. The smallest absolute Gasteiger partial charge is 0.271 e. The summed E-state index contributed by atoms with van der Waals surface area (Å²) >= 11 is 0. The van der Waals surface area contributed by atoms with Crippen molar-refractivity contribution in [2.45, 2.75) is 0 Å². The van der Waals surface area contributed by atoms with Gasteiger partial charge in [0, 0.05) is 12.1 Å². The topological polar surface area (TPSA) is 131 Å². The van der Waals surface area contributed by atoms with Gasteiger partial charge < -0.3 is 14.5 Å². The van der Waals surface area contributed by atoms with E-state index in [9.17, 15) is 20.2 Å². The Hall–Kier alpha value is -4.97. The third-order valence-electron chi connectivity index (χ3n) is 4.78. The molecule has 0 saturated carbocycles. The Morgan fingerprint density at radius 2 is 1.94 bits per heavy atom. The Kier molecular flexibility index (Phi) is 5.82. The van der Waals surface area contributed by atoms with Crippen molar-refractivity contribution in [3.8, 4) is 23.3 Å². The molecule has 1 amide bonds. The van der Waals surface area contributed by atoms with Crippen LogP contribution in [0.2, 0.25) is 0 Å². The zero-order chi connectivity index (χ0) is 23.4. The van der Waals surface area contributed by atoms with Crippen LogP contribution in [0.25, 0.3) is 28.6 Å². The van der Waals surface area contributed by atoms with E-state index in [1.54, 1.807) is 55.6 Å². The number of nitro benzene ring substituents is 1. The van der Waals surface area contributed by atoms with Gasteiger partial charge in [-0.3, -0.25) is 14.9 Å². The van der Waals surface area contributed by atoms with Crippen molar-refractivity contribution >= 4 is 34.5 Å². The fraction of sp³-hybridized carbons (Fsp3) is 0.0417. The van der Waals surface area contributed by atoms with Gasteiger partial charge in [0.1, 0.15) is 22.9 Å². The first-order valence-electron chi connectivity index (χ1n) is 9.70. The van der Waals surface area contributed by atoms with Crippen molar-refractivity contribution in [1.29, 1.82) is 5.26 Å². The summed E-state index contributed by atoms with van der Waals surface area (Å²) in [6.07, 6.45) is 1.47. The lowest BCUT2D eigenvalue weighted by molar-refractivity contribution is -0.384. The van der Waals surface area contributed by atoms with Crippen LogP contribution in [0.5, 0.6) is 5.75 Å². The quantitative estimate of drug-likeness (QED) is 0.194. The molecule has 4 rings (SSSR count). The van der Waals surface area contributed by atoms with E-state index in [1.807, 2.05) is 6.07 Å². The van der Waals surface area contributed by atoms with Crippen molar-refractivity contribution < 1.29 is 18.9 Å². The molecule has 0 bridgehead atoms. The van der Waals surface area contributed by atoms with Crippen LogP contribution in [0.1, 0.15) is 5.56 Å². The fourth-order valence-corrected chi connectivity index (χ4v) is 3.13. The molecule has 162 valence electrons. The van der Waals surface area contributed by atoms with Gasteiger partial charge >= 0.3 is 0 Å². The van der Waals surface area contributed by atoms with Gasteiger partial charge in [0.2, 0.25) is 5.89 Å². The number of nitro groups is 1. The van der Waals surface area contributed by atoms with E-state index in [2.05, 4.69) is 10.3 Å². The van der Waals surface area contributed by atoms with Crippen molar-refractivity contribution in [1.82, 2.24) is 4.98 Å². The van der Waals surface area contributed by atoms with Crippen molar-refractivity contribution in [2.24, 2.45) is 0 Å². The average Bonchev–Trinajstić information content (AvgIpc) is 3.26. The highest BCUT2D eigenvalue weighted by Gasteiger charge is 2.17. The molecule has 33 heavy (non-hydrogen) atoms. The second-order valence-corrected chi connectivity index (χ2v) is 6.87. The highest BCUT2D eigenvalue weighted by atomic mass is 16.6. The molecule has 0 atom stereocenters. The lowest BCUT2D eigenvalue weighted by Gasteiger charge is -2.08. The lowest BCUT2D eigenvalue weighted by atomic mass is 10.1. The van der Waals surface area contributed by atoms with Crippen molar-refractivity contribution in [2.75, 3.05) is 12.4 Å². The van der Waals surface area contributed by atoms with Gasteiger partial charge in [0.25, 0.3) is 11.6 Å². The molecule has 9 nitrogen and oxygen atoms in total. The second-order valence-electron chi connectivity index (χ2n) is 6.87. The van der Waals surface area contributed by atoms with Crippen LogP contribution in [-0.2, 0) is 4.79 Å². The van der Waals surface area contributed by atoms with E-state index in [0.717, 1.165) is 0 Å². The summed E-state index contributed by atoms with van der Waals surface area (Å²) in [5.74, 6) is 0.235. The summed E-state index contributed by atoms with van der Waals surface area (Å²) in [5, 5.41) is 23.2. The van der Waals surface area contributed by atoms with E-state index < -0.39 is 10.8 Å². The highest BCUT2D eigenvalue weighted by molar-refractivity contribution is 6.11. The van der Waals surface area contributed by atoms with Crippen LogP contribution in [0.4, 0.5) is 11.4 Å². The van der Waals surface area contributed by atoms with Crippen LogP contribution in [0.15, 0.2) is 76.7 Å². The predicted octanol–water partition coefficient (Wildman–Crippen LogP) is 4.96. The van der Waals surface area contributed by atoms with Gasteiger partial charge in [0.15, 0.2) is 5.58 Å². The van der Waals surface area contributed by atoms with E-state index in [1.165, 1.54) is 24.3 Å². The largest absolute Gasteiger partial charge is 0.497 e. The number of hydrogen-bond acceptors (Lipinski definition) is 7. The highest BCUT2D eigenvalue weighted by Crippen LogP contribution is 2.31. The summed E-state index contributed by atoms with van der Waals surface area (Å²) in [7, 11) is 1.55. The number of nitriles is 1. The van der Waals surface area contributed by atoms with E-state index in [-0.39, 0.29) is 17.2 Å². The molecule has 1 aromatic heterocycles. The molecule has 0 spiro atoms. The first-order valence-corrected chi connectivity index (χ1v) is 9.70. The Bertz CT molecular complexity index is 1430. The monoisotopic (exact) mass is 440 g/mol. The number of fused-ring (bicyclic) bond motifs is 1. The van der Waals surface area contributed by atoms with Crippen LogP contribution in [0, 0.1) is 21.4 Å². The molecule has 3 aromatic carbocycles. The summed E-state index contributed by atoms with van der Waals surface area (Å²) < 4.78 is 10.8. The number of rotatable bonds is 6. The first-order chi connectivity index (χ1) is 16.0. The van der Waals surface area contributed by atoms with Crippen LogP contribution in [0.3, 0.4) is 0 Å². The lowest BCUT2D eigenvalue weighted by Crippen LogP contribution is -2.14. The maximum absolute atomic E-state index is 12.8. The number of aromatic nitrogens is 1. The number of ether oxygens (including phenoxy) is 1. The average molecular weight is 440 g/mol. The molecule has 0 aliphatic rings. The Balaban J connectivity index is 1.64. The summed E-state index contributed by atoms with van der Waals surface area (Å²) in [5.41, 5.74) is 1.99. The van der Waals surface area contributed by atoms with E-state index in [4.69, 9.17) is 9.15 Å². The Morgan fingerprint density at radius 1 is 1.18 bits per heavy atom. The number of nitrogens with zero attached hydrogens (tertiary/aromatic N) is 3. The third-order valence-corrected chi connectivity index (χ3v) is 4.78. The maximum Gasteiger partial charge on any atom is 0.271 e. The Labute approximate surface area is 187 Å². The fourth-order valence-electron chi connectivity index (χ4n) is 3.13. The number of amides is 1. The molecule has 0 aliphatic heterocycles. The van der Waals surface area contributed by atoms with Gasteiger partial charge in [-0.1, -0.05) is 24.3 Å². The number of hydrogen-bond donors (Lipinski definition) is 1. The zero-order valence-corrected chi connectivity index (χ0v) is 17.3. The number of oxazole rings is 1. The minimum Gasteiger partial charge on any atom is -0.497 e. The number of carbonyl (C=O) groups is 1. The third kappa shape index (κ3) is 4.55. The number of nitrogens with one attached hydrogen (secondary N) is 1. The van der Waals surface area contributed by atoms with Crippen molar-refractivity contribution in [3.05, 3.63) is 88.0 Å². The first kappa shape index (κ1) is 21.3. The van der Waals surface area contributed by atoms with Gasteiger partial charge in [-0.2, -0.15) is 5.26 Å². The zero-order valence-electron chi connectivity index (χ0n) is 17.3. The molecule has 0 radical (unpaired) electrons. The van der Waals surface area contributed by atoms with E-state index >= 15 is 0 Å². The number of benzene rings is 3. The number of anilines is 1. The molecule has 1 N–H and O–H groups in total. The van der Waals surface area contributed by atoms with Crippen molar-refractivity contribution in [3.63, 3.8) is 0 Å². The number of non-ortho nitro benzene ring substituents is 1. The van der Waals surface area contributed by atoms with Gasteiger partial charge in [0.05, 0.1) is 23.3 Å². The van der Waals surface area contributed by atoms with Gasteiger partial charge in [-0.25, -0.2) is 4.98 Å². The number of methoxy groups -OCH3 is 1. The summed E-state index contributed by atoms with van der Waals surface area (Å²) in [4.78, 5) is 27.6. The van der Waals surface area contributed by atoms with Crippen LogP contribution in [-0.4, -0.2) is 22.9 Å². The standard InChI is InChI=1S/C24H16N4O5/c1-32-18-9-6-15(7-10-18)12-16(14-25)23(29)26-20-5-3-2-4-19(20)24-27-21-13-17(28(30)31)8-11-22(21)33-24/h2-13H,1H3,(H,26,29). The van der Waals surface area contributed by atoms with Crippen LogP contribution < -0.4 is 10.1 Å². The number of para-hydroxylation sites is 1. The second kappa shape index (κ2) is 9.03. The molecule has 1 heterocycles. The number of carbonyl (C=O) groups excluding carboxylic acids is 1. The molecule has 0 saturated heterocycles. The van der Waals surface area contributed by atoms with Gasteiger partial charge in [-0.05, 0) is 42.0 Å². The Morgan fingerprint density at radius 3 is 2.64 bits per heavy atom. The SMILES string of the molecule is COc1ccc(C=C(C#N)C(=O)Nc2ccccc2-c2nc3cc([N+](=O)[O-])ccc3o2)cc1. The normalized spacial score (nSPS) is 11.1. The predicted molar refractivity (Wildman–Crippen MR) is 121 cm³/mol. The summed E-state index contributed by atoms with van der Waals surface area (Å²) in [6, 6.07) is 19.7. The molecular weight excluding hydrogens is 424 g/mol. The molecular formula is C24H16N4O5. The van der Waals surface area contributed by atoms with E-state index in [0.29, 0.717) is 33.7 Å². The minimum absolute atomic E-state index is 0.0943. The van der Waals surface area contributed by atoms with Gasteiger partial charge in [-0.15, -0.1) is 0 Å². The molecule has 0 unspecified atom stereocenters. The minimum atomic E-state index is -0.604. The molecule has 4 aromatic rings. The maximum atomic E-state index is 12.8.